The van der Waals surface area contributed by atoms with E-state index in [1.165, 1.54) is 0 Å². The van der Waals surface area contributed by atoms with Crippen molar-refractivity contribution < 1.29 is 4.74 Å². The van der Waals surface area contributed by atoms with Crippen molar-refractivity contribution in [2.45, 2.75) is 38.8 Å². The van der Waals surface area contributed by atoms with E-state index in [-0.39, 0.29) is 6.04 Å². The van der Waals surface area contributed by atoms with Gasteiger partial charge < -0.3 is 10.1 Å². The molecule has 6 nitrogen and oxygen atoms in total. The average molecular weight is 323 g/mol. The summed E-state index contributed by atoms with van der Waals surface area (Å²) in [5.41, 5.74) is 1.96. The number of hydrogen-bond acceptors (Lipinski definition) is 5. The molecule has 0 radical (unpaired) electrons. The first kappa shape index (κ1) is 14.9. The van der Waals surface area contributed by atoms with Crippen LogP contribution in [0.2, 0.25) is 0 Å². The zero-order chi connectivity index (χ0) is 16.4. The van der Waals surface area contributed by atoms with Gasteiger partial charge in [-0.3, -0.25) is 4.98 Å². The van der Waals surface area contributed by atoms with Crippen LogP contribution in [0.3, 0.4) is 0 Å². The van der Waals surface area contributed by atoms with Crippen LogP contribution in [-0.4, -0.2) is 26.4 Å². The number of aryl methyl sites for hydroxylation is 1. The molecule has 1 aromatic carbocycles. The van der Waals surface area contributed by atoms with Gasteiger partial charge in [0.15, 0.2) is 0 Å². The Bertz CT molecular complexity index is 844. The Morgan fingerprint density at radius 1 is 1.29 bits per heavy atom. The third-order valence-corrected chi connectivity index (χ3v) is 4.35. The van der Waals surface area contributed by atoms with Crippen molar-refractivity contribution in [3.8, 4) is 5.75 Å². The number of hydrogen-bond donors (Lipinski definition) is 1. The number of para-hydroxylation sites is 1. The van der Waals surface area contributed by atoms with E-state index in [2.05, 4.69) is 33.4 Å². The van der Waals surface area contributed by atoms with Crippen molar-refractivity contribution in [2.75, 3.05) is 11.9 Å². The van der Waals surface area contributed by atoms with Crippen LogP contribution in [0, 0.1) is 0 Å². The zero-order valence-corrected chi connectivity index (χ0v) is 13.8. The maximum atomic E-state index is 5.84. The summed E-state index contributed by atoms with van der Waals surface area (Å²) in [6.07, 6.45) is 6.59. The predicted octanol–water partition coefficient (Wildman–Crippen LogP) is 3.56. The van der Waals surface area contributed by atoms with E-state index in [4.69, 9.17) is 4.74 Å². The Balaban J connectivity index is 1.68. The largest absolute Gasteiger partial charge is 0.491 e. The minimum absolute atomic E-state index is 0.173. The number of nitrogens with one attached hydrogen (secondary N) is 1. The van der Waals surface area contributed by atoms with Gasteiger partial charge in [-0.2, -0.15) is 5.10 Å². The maximum absolute atomic E-state index is 5.84. The lowest BCUT2D eigenvalue weighted by Crippen LogP contribution is -2.22. The minimum Gasteiger partial charge on any atom is -0.491 e. The summed E-state index contributed by atoms with van der Waals surface area (Å²) in [5, 5.41) is 8.99. The smallest absolute Gasteiger partial charge is 0.149 e. The minimum atomic E-state index is 0.173. The molecule has 0 spiro atoms. The van der Waals surface area contributed by atoms with Crippen molar-refractivity contribution in [2.24, 2.45) is 0 Å². The van der Waals surface area contributed by atoms with Gasteiger partial charge in [0.2, 0.25) is 0 Å². The summed E-state index contributed by atoms with van der Waals surface area (Å²) < 4.78 is 7.83. The lowest BCUT2D eigenvalue weighted by molar-refractivity contribution is 0.320. The third kappa shape index (κ3) is 2.68. The Labute approximate surface area is 140 Å². The van der Waals surface area contributed by atoms with Crippen LogP contribution in [0.5, 0.6) is 5.75 Å². The molecule has 1 aliphatic heterocycles. The molecule has 124 valence electrons. The first-order valence-electron chi connectivity index (χ1n) is 8.51. The topological polar surface area (TPSA) is 64.9 Å². The molecule has 0 aliphatic carbocycles. The molecule has 24 heavy (non-hydrogen) atoms. The van der Waals surface area contributed by atoms with Gasteiger partial charge in [0.1, 0.15) is 23.4 Å². The van der Waals surface area contributed by atoms with Crippen molar-refractivity contribution in [3.63, 3.8) is 0 Å². The molecule has 0 saturated carbocycles. The quantitative estimate of drug-likeness (QED) is 0.777. The number of fused-ring (bicyclic) bond motifs is 2. The molecule has 4 rings (SSSR count). The molecule has 0 fully saturated rings. The van der Waals surface area contributed by atoms with Crippen LogP contribution < -0.4 is 10.1 Å². The van der Waals surface area contributed by atoms with Gasteiger partial charge >= 0.3 is 0 Å². The van der Waals surface area contributed by atoms with Gasteiger partial charge in [0.05, 0.1) is 12.6 Å². The Morgan fingerprint density at radius 2 is 2.25 bits per heavy atom. The van der Waals surface area contributed by atoms with E-state index in [0.29, 0.717) is 6.61 Å². The first-order chi connectivity index (χ1) is 11.9. The van der Waals surface area contributed by atoms with Crippen molar-refractivity contribution in [1.29, 1.82) is 0 Å². The summed E-state index contributed by atoms with van der Waals surface area (Å²) in [6, 6.07) is 8.26. The number of benzene rings is 1. The highest BCUT2D eigenvalue weighted by Crippen LogP contribution is 2.33. The molecule has 1 atom stereocenters. The lowest BCUT2D eigenvalue weighted by atomic mass is 10.1. The third-order valence-electron chi connectivity index (χ3n) is 4.35. The second-order valence-electron chi connectivity index (χ2n) is 6.04. The van der Waals surface area contributed by atoms with Crippen LogP contribution in [0.4, 0.5) is 5.69 Å². The zero-order valence-electron chi connectivity index (χ0n) is 13.8. The molecule has 1 aliphatic rings. The SMILES string of the molecule is CCCOc1cccc2c(N[C@H]3CCCn4ncnc43)ccnc12. The average Bonchev–Trinajstić information content (AvgIpc) is 3.10. The van der Waals surface area contributed by atoms with Crippen molar-refractivity contribution >= 4 is 16.6 Å². The summed E-state index contributed by atoms with van der Waals surface area (Å²) in [7, 11) is 0. The predicted molar refractivity (Wildman–Crippen MR) is 93.1 cm³/mol. The highest BCUT2D eigenvalue weighted by molar-refractivity contribution is 5.94. The summed E-state index contributed by atoms with van der Waals surface area (Å²) in [4.78, 5) is 8.95. The fourth-order valence-corrected chi connectivity index (χ4v) is 3.22. The molecule has 0 saturated heterocycles. The number of rotatable bonds is 5. The van der Waals surface area contributed by atoms with Gasteiger partial charge in [-0.1, -0.05) is 19.1 Å². The summed E-state index contributed by atoms with van der Waals surface area (Å²) >= 11 is 0. The van der Waals surface area contributed by atoms with Gasteiger partial charge in [-0.05, 0) is 31.4 Å². The van der Waals surface area contributed by atoms with Gasteiger partial charge in [0.25, 0.3) is 0 Å². The standard InChI is InChI=1S/C18H21N5O/c1-2-11-24-16-7-3-5-13-14(8-9-19-17(13)16)22-15-6-4-10-23-18(15)20-12-21-23/h3,5,7-9,12,15H,2,4,6,10-11H2,1H3,(H,19,22)/t15-/m0/s1. The summed E-state index contributed by atoms with van der Waals surface area (Å²) in [6.45, 7) is 3.74. The number of nitrogens with zero attached hydrogens (tertiary/aromatic N) is 4. The van der Waals surface area contributed by atoms with E-state index < -0.39 is 0 Å². The van der Waals surface area contributed by atoms with E-state index in [0.717, 1.165) is 54.0 Å². The molecule has 3 heterocycles. The van der Waals surface area contributed by atoms with Gasteiger partial charge in [-0.15, -0.1) is 0 Å². The second kappa shape index (κ2) is 6.47. The van der Waals surface area contributed by atoms with Crippen LogP contribution in [0.25, 0.3) is 10.9 Å². The maximum Gasteiger partial charge on any atom is 0.149 e. The lowest BCUT2D eigenvalue weighted by Gasteiger charge is -2.24. The van der Waals surface area contributed by atoms with Crippen LogP contribution >= 0.6 is 0 Å². The first-order valence-corrected chi connectivity index (χ1v) is 8.51. The fourth-order valence-electron chi connectivity index (χ4n) is 3.22. The van der Waals surface area contributed by atoms with E-state index in [1.807, 2.05) is 29.1 Å². The highest BCUT2D eigenvalue weighted by atomic mass is 16.5. The molecule has 2 aromatic heterocycles. The van der Waals surface area contributed by atoms with Crippen LogP contribution in [0.15, 0.2) is 36.8 Å². The second-order valence-corrected chi connectivity index (χ2v) is 6.04. The van der Waals surface area contributed by atoms with Gasteiger partial charge in [0, 0.05) is 23.8 Å². The van der Waals surface area contributed by atoms with Gasteiger partial charge in [-0.25, -0.2) is 9.67 Å². The van der Waals surface area contributed by atoms with E-state index in [1.54, 1.807) is 6.33 Å². The number of aromatic nitrogens is 4. The number of ether oxygens (including phenoxy) is 1. The van der Waals surface area contributed by atoms with E-state index >= 15 is 0 Å². The monoisotopic (exact) mass is 323 g/mol. The summed E-state index contributed by atoms with van der Waals surface area (Å²) in [5.74, 6) is 1.84. The molecular weight excluding hydrogens is 302 g/mol. The number of anilines is 1. The molecule has 0 bridgehead atoms. The Kier molecular flexibility index (Phi) is 4.02. The van der Waals surface area contributed by atoms with Crippen molar-refractivity contribution in [3.05, 3.63) is 42.6 Å². The normalized spacial score (nSPS) is 16.8. The van der Waals surface area contributed by atoms with Crippen LogP contribution in [0.1, 0.15) is 38.1 Å². The molecular formula is C18H21N5O. The molecule has 0 unspecified atom stereocenters. The molecule has 0 amide bonds. The fraction of sp³-hybridized carbons (Fsp3) is 0.389. The molecule has 6 heteroatoms. The number of pyridine rings is 1. The highest BCUT2D eigenvalue weighted by Gasteiger charge is 2.22. The van der Waals surface area contributed by atoms with E-state index in [9.17, 15) is 0 Å². The Morgan fingerprint density at radius 3 is 3.17 bits per heavy atom. The Hall–Kier alpha value is -2.63. The molecule has 1 N–H and O–H groups in total. The molecule has 3 aromatic rings. The van der Waals surface area contributed by atoms with Crippen LogP contribution in [-0.2, 0) is 6.54 Å². The van der Waals surface area contributed by atoms with Crippen molar-refractivity contribution in [1.82, 2.24) is 19.7 Å².